The van der Waals surface area contributed by atoms with Gasteiger partial charge in [0.2, 0.25) is 0 Å². The van der Waals surface area contributed by atoms with Crippen LogP contribution in [0.5, 0.6) is 23.0 Å². The van der Waals surface area contributed by atoms with Crippen molar-refractivity contribution in [1.82, 2.24) is 0 Å². The van der Waals surface area contributed by atoms with Crippen LogP contribution in [0.25, 0.3) is 110 Å². The molecule has 0 amide bonds. The second-order valence-electron chi connectivity index (χ2n) is 16.1. The molecule has 4 aromatic heterocycles. The van der Waals surface area contributed by atoms with Crippen molar-refractivity contribution >= 4 is 111 Å². The number of hydrogen-bond acceptors (Lipinski definition) is 6. The minimum atomic E-state index is -0.475. The van der Waals surface area contributed by atoms with Gasteiger partial charge in [-0.05, 0) is 58.7 Å². The van der Waals surface area contributed by atoms with Crippen LogP contribution in [0, 0.1) is 0 Å². The Morgan fingerprint density at radius 1 is 0.311 bits per heavy atom. The first-order chi connectivity index (χ1) is 30.3. The van der Waals surface area contributed by atoms with Gasteiger partial charge in [0.1, 0.15) is 45.0 Å². The summed E-state index contributed by atoms with van der Waals surface area (Å²) in [4.78, 5) is 0. The summed E-state index contributed by atoms with van der Waals surface area (Å²) in [6, 6.07) is 56.1. The highest BCUT2D eigenvalue weighted by Crippen LogP contribution is 2.51. The van der Waals surface area contributed by atoms with Crippen molar-refractivity contribution in [3.63, 3.8) is 0 Å². The summed E-state index contributed by atoms with van der Waals surface area (Å²) in [6.07, 6.45) is 0. The summed E-state index contributed by atoms with van der Waals surface area (Å²) in [6.45, 7) is -0.475. The largest absolute Gasteiger partial charge is 0.456 e. The number of fused-ring (bicyclic) bond motifs is 22. The van der Waals surface area contributed by atoms with Crippen LogP contribution in [-0.4, -0.2) is 6.71 Å². The molecule has 0 N–H and O–H groups in total. The number of rotatable bonds is 2. The van der Waals surface area contributed by atoms with Crippen LogP contribution < -0.4 is 25.9 Å². The molecule has 0 saturated carbocycles. The Balaban J connectivity index is 1.15. The van der Waals surface area contributed by atoms with Gasteiger partial charge in [-0.2, -0.15) is 0 Å². The van der Waals surface area contributed by atoms with Crippen molar-refractivity contribution in [2.45, 2.75) is 0 Å². The second-order valence-corrected chi connectivity index (χ2v) is 16.1. The molecule has 2 aliphatic rings. The summed E-state index contributed by atoms with van der Waals surface area (Å²) in [7, 11) is 0. The van der Waals surface area contributed by atoms with E-state index in [2.05, 4.69) is 109 Å². The first kappa shape index (κ1) is 31.8. The van der Waals surface area contributed by atoms with E-state index in [-0.39, 0.29) is 0 Å². The van der Waals surface area contributed by atoms with Crippen molar-refractivity contribution in [3.05, 3.63) is 164 Å². The van der Waals surface area contributed by atoms with E-state index in [4.69, 9.17) is 27.1 Å². The second kappa shape index (κ2) is 11.3. The van der Waals surface area contributed by atoms with E-state index in [9.17, 15) is 0 Å². The quantitative estimate of drug-likeness (QED) is 0.163. The third kappa shape index (κ3) is 4.03. The lowest BCUT2D eigenvalue weighted by Crippen LogP contribution is -2.57. The SMILES string of the molecule is c1ccc(-c2ccccc2-c2cc3c4c(c2)Oc2c(c5oc6ccccc6c5c5c2oc2ccccc25)B4c2c(c4oc5ccccc5c4c4c2oc2ccccc24)O3)cc1. The molecule has 61 heavy (non-hydrogen) atoms. The molecule has 2 aliphatic heterocycles. The highest BCUT2D eigenvalue weighted by molar-refractivity contribution is 7.01. The minimum absolute atomic E-state index is 0.475. The van der Waals surface area contributed by atoms with E-state index in [0.717, 1.165) is 115 Å². The summed E-state index contributed by atoms with van der Waals surface area (Å²) in [5.41, 5.74) is 12.7. The number of para-hydroxylation sites is 4. The predicted molar refractivity (Wildman–Crippen MR) is 244 cm³/mol. The fraction of sp³-hybridized carbons (Fsp3) is 0. The molecule has 6 nitrogen and oxygen atoms in total. The Bertz CT molecular complexity index is 3850. The fourth-order valence-electron chi connectivity index (χ4n) is 10.5. The van der Waals surface area contributed by atoms with Gasteiger partial charge in [-0.15, -0.1) is 0 Å². The van der Waals surface area contributed by atoms with E-state index in [0.29, 0.717) is 34.2 Å². The number of ether oxygens (including phenoxy) is 2. The van der Waals surface area contributed by atoms with Crippen molar-refractivity contribution in [2.24, 2.45) is 0 Å². The number of furan rings is 4. The molecule has 0 atom stereocenters. The zero-order valence-electron chi connectivity index (χ0n) is 32.1. The lowest BCUT2D eigenvalue weighted by molar-refractivity contribution is 0.459. The van der Waals surface area contributed by atoms with E-state index in [1.165, 1.54) is 0 Å². The van der Waals surface area contributed by atoms with Gasteiger partial charge in [0, 0.05) is 59.5 Å². The Kier molecular flexibility index (Phi) is 5.90. The van der Waals surface area contributed by atoms with Crippen LogP contribution in [0.15, 0.2) is 181 Å². The molecule has 0 aliphatic carbocycles. The number of benzene rings is 9. The molecule has 15 rings (SSSR count). The maximum atomic E-state index is 7.31. The zero-order chi connectivity index (χ0) is 39.5. The smallest absolute Gasteiger partial charge is 0.270 e. The van der Waals surface area contributed by atoms with Gasteiger partial charge in [0.25, 0.3) is 6.71 Å². The molecule has 7 heteroatoms. The summed E-state index contributed by atoms with van der Waals surface area (Å²) in [5, 5.41) is 7.87. The molecule has 13 aromatic rings. The van der Waals surface area contributed by atoms with E-state index in [1.807, 2.05) is 54.6 Å². The Labute approximate surface area is 345 Å². The highest BCUT2D eigenvalue weighted by Gasteiger charge is 2.48. The monoisotopic (exact) mass is 782 g/mol. The maximum Gasteiger partial charge on any atom is 0.270 e. The van der Waals surface area contributed by atoms with Gasteiger partial charge in [0.05, 0.1) is 0 Å². The van der Waals surface area contributed by atoms with Gasteiger partial charge in [-0.25, -0.2) is 0 Å². The standard InChI is InChI=1S/C54H27BO6/c1-2-14-28(15-3-1)30-16-4-5-17-31(30)29-26-40-46-41(27-29)61-54-48(50-43(33-19-7-11-23-37(33)57-50)45-35-21-9-13-25-39(35)59-52(45)54)55(46)47-49-42(32-18-6-10-22-36(32)56-49)44-34-20-8-12-24-38(34)58-51(44)53(47)60-40/h1-27H. The van der Waals surface area contributed by atoms with Crippen LogP contribution in [0.3, 0.4) is 0 Å². The molecule has 0 fully saturated rings. The molecule has 0 saturated heterocycles. The third-order valence-corrected chi connectivity index (χ3v) is 13.0. The molecule has 0 radical (unpaired) electrons. The van der Waals surface area contributed by atoms with Crippen molar-refractivity contribution in [3.8, 4) is 45.3 Å². The summed E-state index contributed by atoms with van der Waals surface area (Å²) in [5.74, 6) is 2.56. The normalized spacial score (nSPS) is 13.1. The van der Waals surface area contributed by atoms with Crippen molar-refractivity contribution < 1.29 is 27.1 Å². The van der Waals surface area contributed by atoms with Gasteiger partial charge in [-0.3, -0.25) is 0 Å². The Morgan fingerprint density at radius 2 is 0.672 bits per heavy atom. The molecular formula is C54H27BO6. The summed E-state index contributed by atoms with van der Waals surface area (Å²) >= 11 is 0. The molecule has 9 aromatic carbocycles. The molecule has 6 heterocycles. The van der Waals surface area contributed by atoms with Crippen LogP contribution in [-0.2, 0) is 0 Å². The molecular weight excluding hydrogens is 755 g/mol. The van der Waals surface area contributed by atoms with E-state index >= 15 is 0 Å². The zero-order valence-corrected chi connectivity index (χ0v) is 32.1. The molecule has 0 bridgehead atoms. The lowest BCUT2D eigenvalue weighted by Gasteiger charge is -2.33. The Morgan fingerprint density at radius 3 is 1.13 bits per heavy atom. The van der Waals surface area contributed by atoms with E-state index in [1.54, 1.807) is 0 Å². The summed E-state index contributed by atoms with van der Waals surface area (Å²) < 4.78 is 42.6. The minimum Gasteiger partial charge on any atom is -0.456 e. The highest BCUT2D eigenvalue weighted by atomic mass is 16.5. The first-order valence-corrected chi connectivity index (χ1v) is 20.5. The van der Waals surface area contributed by atoms with E-state index < -0.39 is 6.71 Å². The molecule has 282 valence electrons. The van der Waals surface area contributed by atoms with Gasteiger partial charge >= 0.3 is 0 Å². The van der Waals surface area contributed by atoms with Crippen molar-refractivity contribution in [1.29, 1.82) is 0 Å². The molecule has 0 unspecified atom stereocenters. The Hall–Kier alpha value is -8.16. The van der Waals surface area contributed by atoms with Gasteiger partial charge in [0.15, 0.2) is 22.7 Å². The third-order valence-electron chi connectivity index (χ3n) is 13.0. The van der Waals surface area contributed by atoms with Crippen LogP contribution in [0.1, 0.15) is 0 Å². The van der Waals surface area contributed by atoms with Crippen LogP contribution in [0.4, 0.5) is 0 Å². The average Bonchev–Trinajstić information content (AvgIpc) is 4.09. The van der Waals surface area contributed by atoms with Crippen LogP contribution >= 0.6 is 0 Å². The van der Waals surface area contributed by atoms with Gasteiger partial charge < -0.3 is 27.1 Å². The predicted octanol–water partition coefficient (Wildman–Crippen LogP) is 13.3. The maximum absolute atomic E-state index is 7.31. The molecule has 0 spiro atoms. The average molecular weight is 783 g/mol. The lowest BCUT2D eigenvalue weighted by atomic mass is 9.34. The number of hydrogen-bond donors (Lipinski definition) is 0. The topological polar surface area (TPSA) is 71.0 Å². The van der Waals surface area contributed by atoms with Gasteiger partial charge in [-0.1, -0.05) is 127 Å². The van der Waals surface area contributed by atoms with Crippen molar-refractivity contribution in [2.75, 3.05) is 0 Å². The fourth-order valence-corrected chi connectivity index (χ4v) is 10.5. The first-order valence-electron chi connectivity index (χ1n) is 20.5. The van der Waals surface area contributed by atoms with Crippen LogP contribution in [0.2, 0.25) is 0 Å².